The predicted molar refractivity (Wildman–Crippen MR) is 75.8 cm³/mol. The van der Waals surface area contributed by atoms with Crippen molar-refractivity contribution in [2.45, 2.75) is 0 Å². The maximum atomic E-state index is 12.3. The minimum absolute atomic E-state index is 0.107. The van der Waals surface area contributed by atoms with Crippen LogP contribution in [0.3, 0.4) is 0 Å². The largest absolute Gasteiger partial charge is 0.497 e. The number of carbonyl (C=O) groups excluding carboxylic acids is 3. The molecule has 0 aliphatic carbocycles. The molecule has 0 spiro atoms. The molecule has 1 fully saturated rings. The van der Waals surface area contributed by atoms with Crippen molar-refractivity contribution in [1.82, 2.24) is 9.80 Å². The summed E-state index contributed by atoms with van der Waals surface area (Å²) in [6.07, 6.45) is 1.10. The summed E-state index contributed by atoms with van der Waals surface area (Å²) < 4.78 is 5.03. The normalized spacial score (nSPS) is 14.8. The zero-order chi connectivity index (χ0) is 15.4. The lowest BCUT2D eigenvalue weighted by Crippen LogP contribution is -2.53. The molecule has 0 saturated carbocycles. The summed E-state index contributed by atoms with van der Waals surface area (Å²) in [5.74, 6) is -0.412. The van der Waals surface area contributed by atoms with Gasteiger partial charge in [-0.3, -0.25) is 19.3 Å². The molecule has 1 aromatic carbocycles. The molecule has 0 radical (unpaired) electrons. The average molecular weight is 288 g/mol. The van der Waals surface area contributed by atoms with Crippen LogP contribution in [0, 0.1) is 0 Å². The van der Waals surface area contributed by atoms with Gasteiger partial charge in [-0.15, -0.1) is 0 Å². The molecule has 6 nitrogen and oxygen atoms in total. The lowest BCUT2D eigenvalue weighted by molar-refractivity contribution is -0.145. The first-order chi connectivity index (χ1) is 10.1. The van der Waals surface area contributed by atoms with Crippen LogP contribution in [-0.4, -0.2) is 54.3 Å². The van der Waals surface area contributed by atoms with E-state index in [4.69, 9.17) is 4.74 Å². The number of imide groups is 1. The van der Waals surface area contributed by atoms with Gasteiger partial charge >= 0.3 is 0 Å². The topological polar surface area (TPSA) is 66.9 Å². The molecule has 2 rings (SSSR count). The highest BCUT2D eigenvalue weighted by molar-refractivity contribution is 6.04. The number of benzene rings is 1. The van der Waals surface area contributed by atoms with Gasteiger partial charge in [-0.2, -0.15) is 0 Å². The van der Waals surface area contributed by atoms with Crippen LogP contribution < -0.4 is 4.74 Å². The number of ether oxygens (including phenoxy) is 1. The second kappa shape index (κ2) is 6.21. The molecule has 110 valence electrons. The molecule has 0 aromatic heterocycles. The highest BCUT2D eigenvalue weighted by atomic mass is 16.5. The van der Waals surface area contributed by atoms with Crippen molar-refractivity contribution in [3.05, 3.63) is 42.5 Å². The highest BCUT2D eigenvalue weighted by Crippen LogP contribution is 2.14. The molecule has 0 atom stereocenters. The molecule has 1 aliphatic heterocycles. The Balaban J connectivity index is 2.06. The van der Waals surface area contributed by atoms with Crippen LogP contribution in [0.1, 0.15) is 10.4 Å². The minimum Gasteiger partial charge on any atom is -0.497 e. The molecule has 21 heavy (non-hydrogen) atoms. The van der Waals surface area contributed by atoms with Gasteiger partial charge in [0.15, 0.2) is 0 Å². The van der Waals surface area contributed by atoms with Crippen molar-refractivity contribution in [3.8, 4) is 5.75 Å². The van der Waals surface area contributed by atoms with E-state index in [1.807, 2.05) is 0 Å². The molecular formula is C15H16N2O4. The summed E-state index contributed by atoms with van der Waals surface area (Å²) in [4.78, 5) is 38.2. The average Bonchev–Trinajstić information content (AvgIpc) is 2.53. The van der Waals surface area contributed by atoms with E-state index < -0.39 is 11.8 Å². The third-order valence-corrected chi connectivity index (χ3v) is 3.29. The second-order valence-electron chi connectivity index (χ2n) is 4.54. The van der Waals surface area contributed by atoms with Gasteiger partial charge in [0.1, 0.15) is 12.3 Å². The van der Waals surface area contributed by atoms with Crippen LogP contribution in [0.15, 0.2) is 36.9 Å². The van der Waals surface area contributed by atoms with E-state index >= 15 is 0 Å². The molecule has 6 heteroatoms. The Morgan fingerprint density at radius 3 is 2.43 bits per heavy atom. The SMILES string of the molecule is C=CC(=O)N1CCN(C(=O)c2ccc(OC)cc2)CC1=O. The first kappa shape index (κ1) is 14.8. The number of rotatable bonds is 3. The van der Waals surface area contributed by atoms with E-state index in [-0.39, 0.29) is 19.0 Å². The molecule has 3 amide bonds. The highest BCUT2D eigenvalue weighted by Gasteiger charge is 2.30. The number of piperazine rings is 1. The summed E-state index contributed by atoms with van der Waals surface area (Å²) >= 11 is 0. The van der Waals surface area contributed by atoms with Crippen molar-refractivity contribution >= 4 is 17.7 Å². The third kappa shape index (κ3) is 3.10. The smallest absolute Gasteiger partial charge is 0.254 e. The van der Waals surface area contributed by atoms with Gasteiger partial charge in [0.25, 0.3) is 11.8 Å². The van der Waals surface area contributed by atoms with E-state index in [1.54, 1.807) is 31.4 Å². The first-order valence-corrected chi connectivity index (χ1v) is 6.47. The van der Waals surface area contributed by atoms with Gasteiger partial charge < -0.3 is 9.64 Å². The molecule has 1 aliphatic rings. The fourth-order valence-corrected chi connectivity index (χ4v) is 2.11. The zero-order valence-electron chi connectivity index (χ0n) is 11.7. The van der Waals surface area contributed by atoms with Crippen molar-refractivity contribution in [1.29, 1.82) is 0 Å². The Morgan fingerprint density at radius 2 is 1.90 bits per heavy atom. The Kier molecular flexibility index (Phi) is 4.37. The van der Waals surface area contributed by atoms with Crippen molar-refractivity contribution in [2.75, 3.05) is 26.7 Å². The number of methoxy groups -OCH3 is 1. The van der Waals surface area contributed by atoms with Crippen LogP contribution in [0.4, 0.5) is 0 Å². The Morgan fingerprint density at radius 1 is 1.24 bits per heavy atom. The number of carbonyl (C=O) groups is 3. The van der Waals surface area contributed by atoms with Gasteiger partial charge in [-0.1, -0.05) is 6.58 Å². The first-order valence-electron chi connectivity index (χ1n) is 6.47. The van der Waals surface area contributed by atoms with Gasteiger partial charge in [0, 0.05) is 18.7 Å². The van der Waals surface area contributed by atoms with Crippen molar-refractivity contribution < 1.29 is 19.1 Å². The number of hydrogen-bond donors (Lipinski definition) is 0. The molecule has 0 unspecified atom stereocenters. The lowest BCUT2D eigenvalue weighted by atomic mass is 10.1. The van der Waals surface area contributed by atoms with E-state index in [1.165, 1.54) is 4.90 Å². The summed E-state index contributed by atoms with van der Waals surface area (Å²) in [6, 6.07) is 6.67. The molecule has 0 bridgehead atoms. The van der Waals surface area contributed by atoms with E-state index in [2.05, 4.69) is 6.58 Å². The van der Waals surface area contributed by atoms with Crippen LogP contribution in [0.2, 0.25) is 0 Å². The van der Waals surface area contributed by atoms with E-state index in [0.29, 0.717) is 17.9 Å². The lowest BCUT2D eigenvalue weighted by Gasteiger charge is -2.32. The van der Waals surface area contributed by atoms with Crippen LogP contribution in [0.25, 0.3) is 0 Å². The fraction of sp³-hybridized carbons (Fsp3) is 0.267. The van der Waals surface area contributed by atoms with Crippen molar-refractivity contribution in [2.24, 2.45) is 0 Å². The fourth-order valence-electron chi connectivity index (χ4n) is 2.11. The molecule has 0 N–H and O–H groups in total. The summed E-state index contributed by atoms with van der Waals surface area (Å²) in [5.41, 5.74) is 0.479. The van der Waals surface area contributed by atoms with Crippen LogP contribution in [-0.2, 0) is 9.59 Å². The van der Waals surface area contributed by atoms with Gasteiger partial charge in [0.2, 0.25) is 5.91 Å². The van der Waals surface area contributed by atoms with Gasteiger partial charge in [-0.05, 0) is 30.3 Å². The van der Waals surface area contributed by atoms with Gasteiger partial charge in [0.05, 0.1) is 7.11 Å². The van der Waals surface area contributed by atoms with E-state index in [0.717, 1.165) is 11.0 Å². The van der Waals surface area contributed by atoms with Crippen molar-refractivity contribution in [3.63, 3.8) is 0 Å². The maximum Gasteiger partial charge on any atom is 0.254 e. The summed E-state index contributed by atoms with van der Waals surface area (Å²) in [5, 5.41) is 0. The Labute approximate surface area is 122 Å². The Hall–Kier alpha value is -2.63. The zero-order valence-corrected chi connectivity index (χ0v) is 11.7. The molecular weight excluding hydrogens is 272 g/mol. The van der Waals surface area contributed by atoms with Crippen LogP contribution >= 0.6 is 0 Å². The molecule has 1 saturated heterocycles. The summed E-state index contributed by atoms with van der Waals surface area (Å²) in [6.45, 7) is 3.75. The molecule has 1 aromatic rings. The standard InChI is InChI=1S/C15H16N2O4/c1-3-13(18)17-9-8-16(10-14(17)19)15(20)11-4-6-12(21-2)7-5-11/h3-7H,1,8-10H2,2H3. The van der Waals surface area contributed by atoms with Crippen LogP contribution in [0.5, 0.6) is 5.75 Å². The monoisotopic (exact) mass is 288 g/mol. The third-order valence-electron chi connectivity index (χ3n) is 3.29. The predicted octanol–water partition coefficient (Wildman–Crippen LogP) is 0.692. The minimum atomic E-state index is -0.434. The quantitative estimate of drug-likeness (QED) is 0.768. The number of hydrogen-bond acceptors (Lipinski definition) is 4. The summed E-state index contributed by atoms with van der Waals surface area (Å²) in [7, 11) is 1.55. The van der Waals surface area contributed by atoms with E-state index in [9.17, 15) is 14.4 Å². The second-order valence-corrected chi connectivity index (χ2v) is 4.54. The maximum absolute atomic E-state index is 12.3. The molecule has 1 heterocycles. The number of amides is 3. The van der Waals surface area contributed by atoms with Gasteiger partial charge in [-0.25, -0.2) is 0 Å². The Bertz CT molecular complexity index is 580. The number of nitrogens with zero attached hydrogens (tertiary/aromatic N) is 2.